The van der Waals surface area contributed by atoms with Gasteiger partial charge in [-0.1, -0.05) is 12.8 Å². The molecule has 3 heterocycles. The first-order chi connectivity index (χ1) is 15.4. The van der Waals surface area contributed by atoms with Gasteiger partial charge in [0.1, 0.15) is 5.76 Å². The number of alkyl halides is 3. The molecular weight excluding hydrogens is 419 g/mol. The number of fused-ring (bicyclic) bond motifs is 3. The van der Waals surface area contributed by atoms with Crippen molar-refractivity contribution in [1.29, 1.82) is 0 Å². The third-order valence-electron chi connectivity index (χ3n) is 7.27. The van der Waals surface area contributed by atoms with Gasteiger partial charge in [0.25, 0.3) is 0 Å². The Morgan fingerprint density at radius 1 is 1.16 bits per heavy atom. The van der Waals surface area contributed by atoms with Gasteiger partial charge in [-0.15, -0.1) is 0 Å². The molecule has 5 rings (SSSR count). The monoisotopic (exact) mass is 447 g/mol. The minimum atomic E-state index is -4.40. The average Bonchev–Trinajstić information content (AvgIpc) is 3.50. The van der Waals surface area contributed by atoms with Crippen molar-refractivity contribution >= 4 is 11.6 Å². The van der Waals surface area contributed by atoms with Crippen LogP contribution in [-0.2, 0) is 23.9 Å². The van der Waals surface area contributed by atoms with Gasteiger partial charge in [0.15, 0.2) is 0 Å². The number of carbonyl (C=O) groups is 1. The molecular formula is C24H28F3N3O2. The van der Waals surface area contributed by atoms with Crippen LogP contribution in [0.5, 0.6) is 0 Å². The maximum Gasteiger partial charge on any atom is 0.416 e. The summed E-state index contributed by atoms with van der Waals surface area (Å²) in [6.07, 6.45) is 2.32. The Morgan fingerprint density at radius 3 is 2.69 bits per heavy atom. The molecule has 0 bridgehead atoms. The fraction of sp³-hybridized carbons (Fsp3) is 0.542. The summed E-state index contributed by atoms with van der Waals surface area (Å²) in [5, 5.41) is 2.95. The minimum absolute atomic E-state index is 0.0508. The first-order valence-electron chi connectivity index (χ1n) is 11.4. The number of hydrogen-bond donors (Lipinski definition) is 1. The molecule has 0 unspecified atom stereocenters. The summed E-state index contributed by atoms with van der Waals surface area (Å²) in [4.78, 5) is 17.9. The van der Waals surface area contributed by atoms with Crippen molar-refractivity contribution in [3.63, 3.8) is 0 Å². The van der Waals surface area contributed by atoms with E-state index in [4.69, 9.17) is 4.42 Å². The van der Waals surface area contributed by atoms with Crippen LogP contribution < -0.4 is 10.2 Å². The SMILES string of the molecule is O=C(NCc1ccco1)[C@H]1Cc2cc(C(F)(F)F)ccc2N2CCN(C3CCCC3)C[C@H]12. The van der Waals surface area contributed by atoms with Gasteiger partial charge in [0, 0.05) is 31.4 Å². The molecule has 1 N–H and O–H groups in total. The van der Waals surface area contributed by atoms with E-state index in [1.807, 2.05) is 0 Å². The summed E-state index contributed by atoms with van der Waals surface area (Å²) in [5.41, 5.74) is 0.779. The lowest BCUT2D eigenvalue weighted by Crippen LogP contribution is -2.62. The van der Waals surface area contributed by atoms with Gasteiger partial charge in [0.2, 0.25) is 5.91 Å². The summed E-state index contributed by atoms with van der Waals surface area (Å²) >= 11 is 0. The van der Waals surface area contributed by atoms with E-state index in [0.29, 0.717) is 23.8 Å². The quantitative estimate of drug-likeness (QED) is 0.763. The van der Waals surface area contributed by atoms with Crippen molar-refractivity contribution in [2.75, 3.05) is 24.5 Å². The van der Waals surface area contributed by atoms with Crippen LogP contribution in [0.1, 0.15) is 42.6 Å². The number of anilines is 1. The number of piperazine rings is 1. The molecule has 1 aliphatic carbocycles. The van der Waals surface area contributed by atoms with Crippen LogP contribution >= 0.6 is 0 Å². The third kappa shape index (κ3) is 4.12. The molecule has 1 saturated heterocycles. The van der Waals surface area contributed by atoms with Crippen LogP contribution in [0.4, 0.5) is 18.9 Å². The summed E-state index contributed by atoms with van der Waals surface area (Å²) in [5.74, 6) is 0.111. The molecule has 5 nitrogen and oxygen atoms in total. The molecule has 32 heavy (non-hydrogen) atoms. The van der Waals surface area contributed by atoms with Crippen molar-refractivity contribution < 1.29 is 22.4 Å². The second-order valence-corrected chi connectivity index (χ2v) is 9.14. The van der Waals surface area contributed by atoms with Crippen molar-refractivity contribution in [3.8, 4) is 0 Å². The zero-order chi connectivity index (χ0) is 22.3. The Hall–Kier alpha value is -2.48. The van der Waals surface area contributed by atoms with Gasteiger partial charge in [-0.05, 0) is 55.2 Å². The summed E-state index contributed by atoms with van der Waals surface area (Å²) in [7, 11) is 0. The molecule has 8 heteroatoms. The number of benzene rings is 1. The topological polar surface area (TPSA) is 48.7 Å². The van der Waals surface area contributed by atoms with Crippen molar-refractivity contribution in [3.05, 3.63) is 53.5 Å². The number of hydrogen-bond acceptors (Lipinski definition) is 4. The lowest BCUT2D eigenvalue weighted by molar-refractivity contribution is -0.137. The average molecular weight is 448 g/mol. The number of furan rings is 1. The number of nitrogens with zero attached hydrogens (tertiary/aromatic N) is 2. The molecule has 1 aromatic heterocycles. The van der Waals surface area contributed by atoms with Crippen LogP contribution in [0.25, 0.3) is 0 Å². The van der Waals surface area contributed by atoms with E-state index >= 15 is 0 Å². The Bertz CT molecular complexity index is 954. The second-order valence-electron chi connectivity index (χ2n) is 9.14. The van der Waals surface area contributed by atoms with Crippen LogP contribution in [0, 0.1) is 5.92 Å². The molecule has 2 aromatic rings. The highest BCUT2D eigenvalue weighted by Crippen LogP contribution is 2.40. The standard InChI is InChI=1S/C24H28F3N3O2/c25-24(26,27)17-7-8-21-16(12-17)13-20(23(31)28-14-19-6-3-11-32-19)22-15-29(9-10-30(21)22)18-4-1-2-5-18/h3,6-8,11-12,18,20,22H,1-2,4-5,9-10,13-15H2,(H,28,31)/t20-,22+/m0/s1. The van der Waals surface area contributed by atoms with E-state index in [1.54, 1.807) is 24.5 Å². The van der Waals surface area contributed by atoms with Crippen LogP contribution in [-0.4, -0.2) is 42.5 Å². The molecule has 1 aromatic carbocycles. The Morgan fingerprint density at radius 2 is 1.97 bits per heavy atom. The van der Waals surface area contributed by atoms with E-state index < -0.39 is 17.7 Å². The van der Waals surface area contributed by atoms with Gasteiger partial charge in [-0.25, -0.2) is 0 Å². The van der Waals surface area contributed by atoms with Crippen LogP contribution in [0.3, 0.4) is 0 Å². The molecule has 1 saturated carbocycles. The molecule has 1 amide bonds. The van der Waals surface area contributed by atoms with Gasteiger partial charge >= 0.3 is 6.18 Å². The number of amides is 1. The van der Waals surface area contributed by atoms with Crippen LogP contribution in [0.2, 0.25) is 0 Å². The molecule has 2 atom stereocenters. The summed E-state index contributed by atoms with van der Waals surface area (Å²) in [6.45, 7) is 2.64. The predicted octanol–water partition coefficient (Wildman–Crippen LogP) is 4.22. The zero-order valence-electron chi connectivity index (χ0n) is 17.9. The molecule has 3 aliphatic rings. The number of carbonyl (C=O) groups excluding carboxylic acids is 1. The largest absolute Gasteiger partial charge is 0.467 e. The van der Waals surface area contributed by atoms with E-state index in [-0.39, 0.29) is 18.5 Å². The Balaban J connectivity index is 1.42. The Labute approximate surface area is 185 Å². The van der Waals surface area contributed by atoms with Crippen LogP contribution in [0.15, 0.2) is 41.0 Å². The van der Waals surface area contributed by atoms with E-state index in [1.165, 1.54) is 31.7 Å². The van der Waals surface area contributed by atoms with Gasteiger partial charge < -0.3 is 14.6 Å². The van der Waals surface area contributed by atoms with Crippen molar-refractivity contribution in [1.82, 2.24) is 10.2 Å². The molecule has 2 aliphatic heterocycles. The fourth-order valence-corrected chi connectivity index (χ4v) is 5.64. The highest BCUT2D eigenvalue weighted by Gasteiger charge is 2.43. The van der Waals surface area contributed by atoms with Gasteiger partial charge in [0.05, 0.1) is 30.3 Å². The fourth-order valence-electron chi connectivity index (χ4n) is 5.64. The minimum Gasteiger partial charge on any atom is -0.467 e. The predicted molar refractivity (Wildman–Crippen MR) is 114 cm³/mol. The maximum atomic E-state index is 13.3. The lowest BCUT2D eigenvalue weighted by atomic mass is 9.82. The summed E-state index contributed by atoms with van der Waals surface area (Å²) < 4.78 is 45.3. The maximum absolute atomic E-state index is 13.3. The Kier molecular flexibility index (Phi) is 5.65. The molecule has 2 fully saturated rings. The first-order valence-corrected chi connectivity index (χ1v) is 11.4. The first kappa shape index (κ1) is 21.4. The van der Waals surface area contributed by atoms with Gasteiger partial charge in [-0.3, -0.25) is 9.69 Å². The molecule has 0 spiro atoms. The molecule has 172 valence electrons. The summed E-state index contributed by atoms with van der Waals surface area (Å²) in [6, 6.07) is 8.04. The van der Waals surface area contributed by atoms with E-state index in [0.717, 1.165) is 31.4 Å². The number of nitrogens with one attached hydrogen (secondary N) is 1. The smallest absolute Gasteiger partial charge is 0.416 e. The molecule has 0 radical (unpaired) electrons. The highest BCUT2D eigenvalue weighted by molar-refractivity contribution is 5.82. The lowest BCUT2D eigenvalue weighted by Gasteiger charge is -2.50. The van der Waals surface area contributed by atoms with Gasteiger partial charge in [-0.2, -0.15) is 13.2 Å². The number of rotatable bonds is 4. The zero-order valence-corrected chi connectivity index (χ0v) is 17.9. The third-order valence-corrected chi connectivity index (χ3v) is 7.27. The normalized spacial score (nSPS) is 24.3. The van der Waals surface area contributed by atoms with E-state index in [9.17, 15) is 18.0 Å². The van der Waals surface area contributed by atoms with E-state index in [2.05, 4.69) is 15.1 Å². The van der Waals surface area contributed by atoms with Crippen molar-refractivity contribution in [2.45, 2.75) is 56.9 Å². The van der Waals surface area contributed by atoms with Crippen molar-refractivity contribution in [2.24, 2.45) is 5.92 Å². The second kappa shape index (κ2) is 8.46. The number of halogens is 3. The highest BCUT2D eigenvalue weighted by atomic mass is 19.4.